The number of nitrogens with one attached hydrogen (secondary N) is 2. The van der Waals surface area contributed by atoms with Gasteiger partial charge in [-0.3, -0.25) is 9.59 Å². The third-order valence-electron chi connectivity index (χ3n) is 7.37. The SMILES string of the molecule is O=C(O)/C=C/c1ccc(NC(=O)[C@H](CO)NC(=O)c2ccc3c(C4CCCCC4)n(-c4ccccc4)nc3c2)cc1. The highest BCUT2D eigenvalue weighted by Crippen LogP contribution is 2.38. The van der Waals surface area contributed by atoms with Crippen molar-refractivity contribution in [1.29, 1.82) is 0 Å². The van der Waals surface area contributed by atoms with Crippen molar-refractivity contribution in [2.24, 2.45) is 0 Å². The second-order valence-corrected chi connectivity index (χ2v) is 10.2. The summed E-state index contributed by atoms with van der Waals surface area (Å²) in [6.45, 7) is -0.590. The minimum Gasteiger partial charge on any atom is -0.478 e. The first-order chi connectivity index (χ1) is 19.9. The van der Waals surface area contributed by atoms with Gasteiger partial charge in [-0.2, -0.15) is 5.10 Å². The maximum absolute atomic E-state index is 13.2. The first-order valence-corrected chi connectivity index (χ1v) is 13.7. The molecule has 1 fully saturated rings. The zero-order chi connectivity index (χ0) is 28.8. The standard InChI is InChI=1S/C32H32N4O5/c37-20-28(32(41)33-24-15-11-21(12-16-24)13-18-29(38)39)34-31(40)23-14-17-26-27(19-23)35-36(25-9-5-2-6-10-25)30(26)22-7-3-1-4-8-22/h2,5-6,9-19,22,28,37H,1,3-4,7-8,20H2,(H,33,41)(H,34,40)(H,38,39)/b18-13+/t28-/m0/s1. The van der Waals surface area contributed by atoms with E-state index in [1.165, 1.54) is 25.3 Å². The lowest BCUT2D eigenvalue weighted by atomic mass is 9.85. The van der Waals surface area contributed by atoms with Crippen LogP contribution in [0.3, 0.4) is 0 Å². The highest BCUT2D eigenvalue weighted by molar-refractivity contribution is 6.03. The predicted octanol–water partition coefficient (Wildman–Crippen LogP) is 4.90. The first-order valence-electron chi connectivity index (χ1n) is 13.7. The molecule has 3 aromatic carbocycles. The van der Waals surface area contributed by atoms with Gasteiger partial charge in [0.25, 0.3) is 5.91 Å². The molecule has 0 spiro atoms. The van der Waals surface area contributed by atoms with Crippen LogP contribution in [0.2, 0.25) is 0 Å². The van der Waals surface area contributed by atoms with E-state index in [9.17, 15) is 19.5 Å². The van der Waals surface area contributed by atoms with E-state index < -0.39 is 30.4 Å². The summed E-state index contributed by atoms with van der Waals surface area (Å²) < 4.78 is 2.00. The van der Waals surface area contributed by atoms with Crippen molar-refractivity contribution >= 4 is 40.4 Å². The van der Waals surface area contributed by atoms with E-state index in [2.05, 4.69) is 10.6 Å². The lowest BCUT2D eigenvalue weighted by molar-refractivity contribution is -0.131. The Balaban J connectivity index is 1.34. The Hall–Kier alpha value is -4.76. The van der Waals surface area contributed by atoms with Gasteiger partial charge in [0.15, 0.2) is 0 Å². The van der Waals surface area contributed by atoms with Gasteiger partial charge in [-0.05, 0) is 60.9 Å². The Morgan fingerprint density at radius 1 is 0.976 bits per heavy atom. The highest BCUT2D eigenvalue weighted by Gasteiger charge is 2.25. The number of anilines is 1. The number of aliphatic hydroxyl groups is 1. The van der Waals surface area contributed by atoms with Crippen LogP contribution in [-0.2, 0) is 9.59 Å². The number of hydrogen-bond acceptors (Lipinski definition) is 5. The fourth-order valence-electron chi connectivity index (χ4n) is 5.29. The summed E-state index contributed by atoms with van der Waals surface area (Å²) in [6.07, 6.45) is 8.27. The van der Waals surface area contributed by atoms with Crippen molar-refractivity contribution in [3.63, 3.8) is 0 Å². The minimum absolute atomic E-state index is 0.339. The van der Waals surface area contributed by atoms with Gasteiger partial charge in [-0.15, -0.1) is 0 Å². The number of nitrogens with zero attached hydrogens (tertiary/aromatic N) is 2. The highest BCUT2D eigenvalue weighted by atomic mass is 16.4. The summed E-state index contributed by atoms with van der Waals surface area (Å²) in [5.41, 5.74) is 4.26. The average molecular weight is 553 g/mol. The molecule has 5 rings (SSSR count). The van der Waals surface area contributed by atoms with Gasteiger partial charge >= 0.3 is 5.97 Å². The van der Waals surface area contributed by atoms with Crippen LogP contribution in [0.4, 0.5) is 5.69 Å². The Labute approximate surface area is 237 Å². The Morgan fingerprint density at radius 2 is 1.71 bits per heavy atom. The lowest BCUT2D eigenvalue weighted by Gasteiger charge is -2.23. The molecule has 1 aliphatic carbocycles. The number of hydrogen-bond donors (Lipinski definition) is 4. The Kier molecular flexibility index (Phi) is 8.55. The number of rotatable bonds is 9. The van der Waals surface area contributed by atoms with Crippen molar-refractivity contribution in [1.82, 2.24) is 15.1 Å². The number of benzene rings is 3. The molecular weight excluding hydrogens is 520 g/mol. The zero-order valence-corrected chi connectivity index (χ0v) is 22.5. The van der Waals surface area contributed by atoms with Gasteiger partial charge in [0.1, 0.15) is 6.04 Å². The van der Waals surface area contributed by atoms with Crippen LogP contribution in [0.5, 0.6) is 0 Å². The quantitative estimate of drug-likeness (QED) is 0.218. The number of aliphatic hydroxyl groups excluding tert-OH is 1. The molecule has 9 heteroatoms. The number of fused-ring (bicyclic) bond motifs is 1. The van der Waals surface area contributed by atoms with Gasteiger partial charge < -0.3 is 20.8 Å². The number of carbonyl (C=O) groups excluding carboxylic acids is 2. The minimum atomic E-state index is -1.18. The maximum atomic E-state index is 13.2. The average Bonchev–Trinajstić information content (AvgIpc) is 3.39. The molecule has 1 aliphatic rings. The van der Waals surface area contributed by atoms with Crippen molar-refractivity contribution < 1.29 is 24.6 Å². The van der Waals surface area contributed by atoms with Crippen LogP contribution in [0.25, 0.3) is 22.7 Å². The first kappa shape index (κ1) is 27.8. The molecule has 0 saturated heterocycles. The van der Waals surface area contributed by atoms with Crippen molar-refractivity contribution in [3.05, 3.63) is 95.7 Å². The fraction of sp³-hybridized carbons (Fsp3) is 0.250. The number of carbonyl (C=O) groups is 3. The van der Waals surface area contributed by atoms with Crippen molar-refractivity contribution in [2.75, 3.05) is 11.9 Å². The van der Waals surface area contributed by atoms with Crippen LogP contribution in [0.1, 0.15) is 59.6 Å². The van der Waals surface area contributed by atoms with Crippen LogP contribution in [-0.4, -0.2) is 50.4 Å². The topological polar surface area (TPSA) is 134 Å². The zero-order valence-electron chi connectivity index (χ0n) is 22.5. The molecular formula is C32H32N4O5. The van der Waals surface area contributed by atoms with Crippen LogP contribution < -0.4 is 10.6 Å². The molecule has 1 heterocycles. The smallest absolute Gasteiger partial charge is 0.328 e. The largest absolute Gasteiger partial charge is 0.478 e. The summed E-state index contributed by atoms with van der Waals surface area (Å²) in [7, 11) is 0. The van der Waals surface area contributed by atoms with E-state index in [1.807, 2.05) is 41.1 Å². The van der Waals surface area contributed by atoms with Crippen molar-refractivity contribution in [3.8, 4) is 5.69 Å². The van der Waals surface area contributed by atoms with Crippen molar-refractivity contribution in [2.45, 2.75) is 44.1 Å². The third-order valence-corrected chi connectivity index (χ3v) is 7.37. The summed E-state index contributed by atoms with van der Waals surface area (Å²) >= 11 is 0. The number of carboxylic acid groups (broad SMARTS) is 1. The summed E-state index contributed by atoms with van der Waals surface area (Å²) in [4.78, 5) is 36.6. The second-order valence-electron chi connectivity index (χ2n) is 10.2. The van der Waals surface area contributed by atoms with Gasteiger partial charge in [-0.1, -0.05) is 55.7 Å². The van der Waals surface area contributed by atoms with E-state index in [0.717, 1.165) is 35.7 Å². The molecule has 41 heavy (non-hydrogen) atoms. The van der Waals surface area contributed by atoms with Crippen LogP contribution in [0, 0.1) is 0 Å². The number of aromatic nitrogens is 2. The van der Waals surface area contributed by atoms with Gasteiger partial charge in [0, 0.05) is 28.6 Å². The molecule has 9 nitrogen and oxygen atoms in total. The molecule has 0 unspecified atom stereocenters. The summed E-state index contributed by atoms with van der Waals surface area (Å²) in [5.74, 6) is -1.75. The van der Waals surface area contributed by atoms with Crippen LogP contribution in [0.15, 0.2) is 78.9 Å². The van der Waals surface area contributed by atoms with Gasteiger partial charge in [-0.25, -0.2) is 9.48 Å². The lowest BCUT2D eigenvalue weighted by Crippen LogP contribution is -2.46. The van der Waals surface area contributed by atoms with E-state index in [-0.39, 0.29) is 0 Å². The van der Waals surface area contributed by atoms with Gasteiger partial charge in [0.2, 0.25) is 5.91 Å². The number of aliphatic carboxylic acids is 1. The van der Waals surface area contributed by atoms with E-state index in [1.54, 1.807) is 36.4 Å². The fourth-order valence-corrected chi connectivity index (χ4v) is 5.29. The molecule has 0 bridgehead atoms. The molecule has 1 saturated carbocycles. The normalized spacial score (nSPS) is 14.7. The van der Waals surface area contributed by atoms with Gasteiger partial charge in [0.05, 0.1) is 23.5 Å². The molecule has 4 N–H and O–H groups in total. The summed E-state index contributed by atoms with van der Waals surface area (Å²) in [6, 6.07) is 20.7. The predicted molar refractivity (Wildman–Crippen MR) is 157 cm³/mol. The van der Waals surface area contributed by atoms with Crippen LogP contribution >= 0.6 is 0 Å². The molecule has 0 aliphatic heterocycles. The van der Waals surface area contributed by atoms with E-state index in [4.69, 9.17) is 10.2 Å². The number of amides is 2. The summed E-state index contributed by atoms with van der Waals surface area (Å²) in [5, 5.41) is 29.8. The Bertz CT molecular complexity index is 1570. The van der Waals surface area contributed by atoms with E-state index in [0.29, 0.717) is 28.2 Å². The number of carboxylic acids is 1. The Morgan fingerprint density at radius 3 is 2.39 bits per heavy atom. The maximum Gasteiger partial charge on any atom is 0.328 e. The monoisotopic (exact) mass is 552 g/mol. The molecule has 1 aromatic heterocycles. The molecule has 0 radical (unpaired) electrons. The number of para-hydroxylation sites is 1. The third kappa shape index (κ3) is 6.53. The second kappa shape index (κ2) is 12.6. The molecule has 1 atom stereocenters. The molecule has 210 valence electrons. The molecule has 2 amide bonds. The molecule has 4 aromatic rings. The van der Waals surface area contributed by atoms with E-state index >= 15 is 0 Å².